The van der Waals surface area contributed by atoms with Crippen LogP contribution in [-0.4, -0.2) is 44.1 Å². The van der Waals surface area contributed by atoms with E-state index in [0.29, 0.717) is 0 Å². The minimum atomic E-state index is -3.56. The number of rotatable bonds is 3. The molecule has 0 unspecified atom stereocenters. The molecule has 3 nitrogen and oxygen atoms in total. The predicted octanol–water partition coefficient (Wildman–Crippen LogP) is 1.15. The van der Waals surface area contributed by atoms with Gasteiger partial charge in [-0.2, -0.15) is 8.42 Å². The van der Waals surface area contributed by atoms with E-state index in [1.165, 1.54) is 12.1 Å². The molecule has 1 rings (SSSR count). The van der Waals surface area contributed by atoms with E-state index in [-0.39, 0.29) is 40.6 Å². The molecule has 0 saturated carbocycles. The van der Waals surface area contributed by atoms with E-state index >= 15 is 0 Å². The molecular formula is C9H13NaO3S. The summed E-state index contributed by atoms with van der Waals surface area (Å²) in [6.07, 6.45) is -0.329. The molecule has 0 atom stereocenters. The molecule has 0 bridgehead atoms. The Kier molecular flexibility index (Phi) is 5.93. The third-order valence-electron chi connectivity index (χ3n) is 1.35. The van der Waals surface area contributed by atoms with E-state index < -0.39 is 10.1 Å². The van der Waals surface area contributed by atoms with Crippen LogP contribution in [0.1, 0.15) is 13.8 Å². The van der Waals surface area contributed by atoms with Crippen LogP contribution in [0.3, 0.4) is 0 Å². The van der Waals surface area contributed by atoms with Crippen molar-refractivity contribution in [2.45, 2.75) is 24.8 Å². The van der Waals surface area contributed by atoms with Crippen molar-refractivity contribution in [2.24, 2.45) is 0 Å². The van der Waals surface area contributed by atoms with Gasteiger partial charge in [-0.25, -0.2) is 0 Å². The second-order valence-electron chi connectivity index (χ2n) is 2.91. The first-order valence-electron chi connectivity index (χ1n) is 4.01. The molecule has 0 saturated heterocycles. The van der Waals surface area contributed by atoms with Crippen LogP contribution in [-0.2, 0) is 14.3 Å². The Hall–Kier alpha value is 0.130. The first kappa shape index (κ1) is 14.1. The molecule has 1 aromatic rings. The number of hydrogen-bond acceptors (Lipinski definition) is 3. The van der Waals surface area contributed by atoms with E-state index in [1.807, 2.05) is 0 Å². The van der Waals surface area contributed by atoms with Crippen molar-refractivity contribution >= 4 is 39.7 Å². The monoisotopic (exact) mass is 224 g/mol. The molecule has 0 aromatic heterocycles. The summed E-state index contributed by atoms with van der Waals surface area (Å²) in [5, 5.41) is 0. The van der Waals surface area contributed by atoms with E-state index in [0.717, 1.165) is 0 Å². The fourth-order valence-corrected chi connectivity index (χ4v) is 2.00. The summed E-state index contributed by atoms with van der Waals surface area (Å²) in [5.74, 6) is 0. The standard InChI is InChI=1S/C9H12O3S.Na.H/c1-8(2)12-13(10,11)9-6-4-3-5-7-9;;/h3-8H,1-2H3;;. The van der Waals surface area contributed by atoms with Gasteiger partial charge in [0, 0.05) is 0 Å². The Morgan fingerprint density at radius 2 is 1.64 bits per heavy atom. The maximum atomic E-state index is 11.4. The Balaban J connectivity index is 0.00000169. The van der Waals surface area contributed by atoms with Crippen LogP contribution in [0, 0.1) is 0 Å². The van der Waals surface area contributed by atoms with Gasteiger partial charge in [0.25, 0.3) is 10.1 Å². The van der Waals surface area contributed by atoms with Gasteiger partial charge in [0.1, 0.15) is 0 Å². The topological polar surface area (TPSA) is 43.4 Å². The van der Waals surface area contributed by atoms with Crippen molar-refractivity contribution in [3.63, 3.8) is 0 Å². The fraction of sp³-hybridized carbons (Fsp3) is 0.333. The van der Waals surface area contributed by atoms with E-state index in [1.54, 1.807) is 32.0 Å². The second-order valence-corrected chi connectivity index (χ2v) is 4.48. The van der Waals surface area contributed by atoms with Gasteiger partial charge in [-0.1, -0.05) is 18.2 Å². The average molecular weight is 224 g/mol. The Morgan fingerprint density at radius 1 is 1.14 bits per heavy atom. The quantitative estimate of drug-likeness (QED) is 0.571. The summed E-state index contributed by atoms with van der Waals surface area (Å²) in [6, 6.07) is 8.11. The Bertz CT molecular complexity index is 359. The van der Waals surface area contributed by atoms with Crippen LogP contribution < -0.4 is 0 Å². The van der Waals surface area contributed by atoms with Gasteiger partial charge >= 0.3 is 29.6 Å². The van der Waals surface area contributed by atoms with Crippen LogP contribution in [0.2, 0.25) is 0 Å². The normalized spacial score (nSPS) is 11.1. The summed E-state index contributed by atoms with van der Waals surface area (Å²) < 4.78 is 27.6. The summed E-state index contributed by atoms with van der Waals surface area (Å²) in [5.41, 5.74) is 0. The molecule has 0 fully saturated rings. The molecule has 0 spiro atoms. The molecule has 0 aliphatic rings. The van der Waals surface area contributed by atoms with Gasteiger partial charge in [-0.15, -0.1) is 0 Å². The third kappa shape index (κ3) is 4.11. The molecule has 0 aliphatic carbocycles. The van der Waals surface area contributed by atoms with Crippen LogP contribution >= 0.6 is 0 Å². The maximum absolute atomic E-state index is 11.4. The first-order chi connectivity index (χ1) is 6.02. The van der Waals surface area contributed by atoms with Crippen molar-refractivity contribution in [3.8, 4) is 0 Å². The molecule has 0 heterocycles. The van der Waals surface area contributed by atoms with Crippen LogP contribution in [0.5, 0.6) is 0 Å². The second kappa shape index (κ2) is 5.88. The summed E-state index contributed by atoms with van der Waals surface area (Å²) in [7, 11) is -3.56. The molecule has 0 aliphatic heterocycles. The van der Waals surface area contributed by atoms with Crippen LogP contribution in [0.25, 0.3) is 0 Å². The van der Waals surface area contributed by atoms with Crippen molar-refractivity contribution in [3.05, 3.63) is 30.3 Å². The van der Waals surface area contributed by atoms with Crippen molar-refractivity contribution in [1.29, 1.82) is 0 Å². The zero-order valence-corrected chi connectivity index (χ0v) is 8.41. The molecule has 0 N–H and O–H groups in total. The van der Waals surface area contributed by atoms with Crippen LogP contribution in [0.4, 0.5) is 0 Å². The molecule has 0 radical (unpaired) electrons. The summed E-state index contributed by atoms with van der Waals surface area (Å²) >= 11 is 0. The molecular weight excluding hydrogens is 211 g/mol. The molecule has 74 valence electrons. The van der Waals surface area contributed by atoms with Gasteiger partial charge < -0.3 is 0 Å². The summed E-state index contributed by atoms with van der Waals surface area (Å²) in [6.45, 7) is 3.36. The molecule has 0 amide bonds. The van der Waals surface area contributed by atoms with Crippen LogP contribution in [0.15, 0.2) is 35.2 Å². The Morgan fingerprint density at radius 3 is 2.07 bits per heavy atom. The van der Waals surface area contributed by atoms with Gasteiger partial charge in [0.15, 0.2) is 0 Å². The number of benzene rings is 1. The molecule has 5 heteroatoms. The zero-order valence-electron chi connectivity index (χ0n) is 7.60. The third-order valence-corrected chi connectivity index (χ3v) is 2.84. The Labute approximate surface area is 107 Å². The van der Waals surface area contributed by atoms with Gasteiger partial charge in [-0.05, 0) is 26.0 Å². The van der Waals surface area contributed by atoms with E-state index in [9.17, 15) is 8.42 Å². The molecule has 14 heavy (non-hydrogen) atoms. The van der Waals surface area contributed by atoms with Crippen molar-refractivity contribution in [1.82, 2.24) is 0 Å². The van der Waals surface area contributed by atoms with Crippen molar-refractivity contribution < 1.29 is 12.6 Å². The first-order valence-corrected chi connectivity index (χ1v) is 5.41. The average Bonchev–Trinajstić information content (AvgIpc) is 2.04. The van der Waals surface area contributed by atoms with Crippen molar-refractivity contribution in [2.75, 3.05) is 0 Å². The zero-order chi connectivity index (χ0) is 9.90. The minimum absolute atomic E-state index is 0. The predicted molar refractivity (Wildman–Crippen MR) is 57.0 cm³/mol. The molecule has 1 aromatic carbocycles. The van der Waals surface area contributed by atoms with Gasteiger partial charge in [-0.3, -0.25) is 4.18 Å². The van der Waals surface area contributed by atoms with E-state index in [2.05, 4.69) is 0 Å². The number of hydrogen-bond donors (Lipinski definition) is 0. The van der Waals surface area contributed by atoms with E-state index in [4.69, 9.17) is 4.18 Å². The summed E-state index contributed by atoms with van der Waals surface area (Å²) in [4.78, 5) is 0.198. The van der Waals surface area contributed by atoms with Gasteiger partial charge in [0.2, 0.25) is 0 Å². The van der Waals surface area contributed by atoms with Gasteiger partial charge in [0.05, 0.1) is 11.0 Å². The fourth-order valence-electron chi connectivity index (χ4n) is 0.896. The SMILES string of the molecule is CC(C)OS(=O)(=O)c1ccccc1.[NaH].